The molecule has 2 aliphatic rings. The van der Waals surface area contributed by atoms with Gasteiger partial charge in [-0.05, 0) is 58.4 Å². The number of hydrogen-bond acceptors (Lipinski definition) is 3. The zero-order valence-electron chi connectivity index (χ0n) is 12.5. The van der Waals surface area contributed by atoms with Gasteiger partial charge >= 0.3 is 5.97 Å². The third-order valence-corrected chi connectivity index (χ3v) is 4.96. The fourth-order valence-electron chi connectivity index (χ4n) is 3.85. The van der Waals surface area contributed by atoms with Gasteiger partial charge in [-0.15, -0.1) is 0 Å². The first-order valence-corrected chi connectivity index (χ1v) is 7.70. The predicted octanol–water partition coefficient (Wildman–Crippen LogP) is 2.09. The van der Waals surface area contributed by atoms with Crippen LogP contribution in [0.3, 0.4) is 0 Å². The second-order valence-electron chi connectivity index (χ2n) is 6.65. The van der Waals surface area contributed by atoms with Crippen molar-refractivity contribution >= 4 is 5.97 Å². The largest absolute Gasteiger partial charge is 0.480 e. The zero-order valence-corrected chi connectivity index (χ0v) is 12.5. The Labute approximate surface area is 116 Å². The Morgan fingerprint density at radius 1 is 1.53 bits per heavy atom. The van der Waals surface area contributed by atoms with Crippen molar-refractivity contribution in [2.24, 2.45) is 5.92 Å². The molecule has 19 heavy (non-hydrogen) atoms. The van der Waals surface area contributed by atoms with E-state index in [0.717, 1.165) is 18.9 Å². The van der Waals surface area contributed by atoms with Gasteiger partial charge in [0.05, 0.1) is 0 Å². The van der Waals surface area contributed by atoms with Crippen molar-refractivity contribution in [2.75, 3.05) is 13.1 Å². The minimum absolute atomic E-state index is 0.348. The van der Waals surface area contributed by atoms with Gasteiger partial charge in [-0.1, -0.05) is 6.92 Å². The molecule has 0 aromatic rings. The molecule has 4 heteroatoms. The molecular formula is C15H28N2O2. The zero-order chi connectivity index (χ0) is 14.0. The lowest BCUT2D eigenvalue weighted by molar-refractivity contribution is -0.145. The van der Waals surface area contributed by atoms with Gasteiger partial charge in [-0.3, -0.25) is 9.69 Å². The van der Waals surface area contributed by atoms with Crippen molar-refractivity contribution < 1.29 is 9.90 Å². The van der Waals surface area contributed by atoms with E-state index in [1.807, 2.05) is 6.92 Å². The molecule has 0 amide bonds. The molecule has 4 atom stereocenters. The number of aliphatic carboxylic acids is 1. The molecule has 0 spiro atoms. The minimum atomic E-state index is -0.794. The molecule has 2 fully saturated rings. The summed E-state index contributed by atoms with van der Waals surface area (Å²) in [5, 5.41) is 12.7. The summed E-state index contributed by atoms with van der Waals surface area (Å²) >= 11 is 0. The van der Waals surface area contributed by atoms with Crippen molar-refractivity contribution in [3.63, 3.8) is 0 Å². The van der Waals surface area contributed by atoms with Crippen LogP contribution in [0.2, 0.25) is 0 Å². The topological polar surface area (TPSA) is 52.6 Å². The number of carboxylic acid groups (broad SMARTS) is 1. The lowest BCUT2D eigenvalue weighted by Gasteiger charge is -2.37. The van der Waals surface area contributed by atoms with E-state index in [1.165, 1.54) is 25.8 Å². The number of hydrogen-bond donors (Lipinski definition) is 2. The summed E-state index contributed by atoms with van der Waals surface area (Å²) < 4.78 is 0. The molecule has 2 bridgehead atoms. The highest BCUT2D eigenvalue weighted by Crippen LogP contribution is 2.39. The number of fused-ring (bicyclic) bond motifs is 2. The van der Waals surface area contributed by atoms with Crippen LogP contribution in [0.25, 0.3) is 0 Å². The van der Waals surface area contributed by atoms with Crippen molar-refractivity contribution in [3.8, 4) is 0 Å². The van der Waals surface area contributed by atoms with E-state index in [1.54, 1.807) is 0 Å². The van der Waals surface area contributed by atoms with E-state index >= 15 is 0 Å². The van der Waals surface area contributed by atoms with Gasteiger partial charge in [0, 0.05) is 18.6 Å². The van der Waals surface area contributed by atoms with Crippen molar-refractivity contribution in [1.82, 2.24) is 10.2 Å². The summed E-state index contributed by atoms with van der Waals surface area (Å²) in [6, 6.07) is 1.06. The van der Waals surface area contributed by atoms with Gasteiger partial charge in [0.15, 0.2) is 0 Å². The van der Waals surface area contributed by atoms with Crippen molar-refractivity contribution in [1.29, 1.82) is 0 Å². The number of likely N-dealkylation sites (tertiary alicyclic amines) is 1. The summed E-state index contributed by atoms with van der Waals surface area (Å²) in [6.07, 6.45) is 5.66. The predicted molar refractivity (Wildman–Crippen MR) is 76.2 cm³/mol. The number of carbonyl (C=O) groups is 1. The first kappa shape index (κ1) is 14.8. The van der Waals surface area contributed by atoms with Gasteiger partial charge in [0.2, 0.25) is 0 Å². The maximum absolute atomic E-state index is 11.6. The SMILES string of the molecule is CCCNC(C)(CC(C)N1CC2CCC1C2)C(=O)O. The summed E-state index contributed by atoms with van der Waals surface area (Å²) in [5.41, 5.74) is -0.794. The molecule has 1 heterocycles. The van der Waals surface area contributed by atoms with Crippen molar-refractivity contribution in [2.45, 2.75) is 70.5 Å². The van der Waals surface area contributed by atoms with Gasteiger partial charge in [-0.25, -0.2) is 0 Å². The molecule has 1 saturated heterocycles. The number of rotatable bonds is 7. The van der Waals surface area contributed by atoms with Crippen LogP contribution in [-0.4, -0.2) is 46.7 Å². The first-order valence-electron chi connectivity index (χ1n) is 7.70. The molecule has 2 N–H and O–H groups in total. The van der Waals surface area contributed by atoms with E-state index in [0.29, 0.717) is 18.5 Å². The summed E-state index contributed by atoms with van der Waals surface area (Å²) in [4.78, 5) is 14.1. The smallest absolute Gasteiger partial charge is 0.323 e. The van der Waals surface area contributed by atoms with E-state index in [4.69, 9.17) is 0 Å². The third-order valence-electron chi connectivity index (χ3n) is 4.96. The lowest BCUT2D eigenvalue weighted by Crippen LogP contribution is -2.54. The van der Waals surface area contributed by atoms with Gasteiger partial charge in [0.1, 0.15) is 5.54 Å². The molecule has 1 aliphatic carbocycles. The highest BCUT2D eigenvalue weighted by Gasteiger charge is 2.43. The number of nitrogens with zero attached hydrogens (tertiary/aromatic N) is 1. The fraction of sp³-hybridized carbons (Fsp3) is 0.933. The molecular weight excluding hydrogens is 240 g/mol. The Morgan fingerprint density at radius 2 is 2.26 bits per heavy atom. The molecule has 1 aliphatic heterocycles. The van der Waals surface area contributed by atoms with Gasteiger partial charge < -0.3 is 10.4 Å². The Kier molecular flexibility index (Phi) is 4.51. The Hall–Kier alpha value is -0.610. The first-order chi connectivity index (χ1) is 8.96. The van der Waals surface area contributed by atoms with E-state index in [9.17, 15) is 9.90 Å². The highest BCUT2D eigenvalue weighted by atomic mass is 16.4. The number of piperidine rings is 1. The van der Waals surface area contributed by atoms with Gasteiger partial charge in [0.25, 0.3) is 0 Å². The summed E-state index contributed by atoms with van der Waals surface area (Å²) in [6.45, 7) is 8.03. The molecule has 2 rings (SSSR count). The molecule has 0 aromatic heterocycles. The van der Waals surface area contributed by atoms with Crippen LogP contribution >= 0.6 is 0 Å². The summed E-state index contributed by atoms with van der Waals surface area (Å²) in [5.74, 6) is 0.143. The fourth-order valence-corrected chi connectivity index (χ4v) is 3.85. The summed E-state index contributed by atoms with van der Waals surface area (Å²) in [7, 11) is 0. The van der Waals surface area contributed by atoms with E-state index in [2.05, 4.69) is 24.1 Å². The van der Waals surface area contributed by atoms with Crippen LogP contribution < -0.4 is 5.32 Å². The second-order valence-corrected chi connectivity index (χ2v) is 6.65. The van der Waals surface area contributed by atoms with Gasteiger partial charge in [-0.2, -0.15) is 0 Å². The molecule has 4 nitrogen and oxygen atoms in total. The van der Waals surface area contributed by atoms with Crippen LogP contribution in [-0.2, 0) is 4.79 Å². The van der Waals surface area contributed by atoms with Crippen LogP contribution in [0.15, 0.2) is 0 Å². The quantitative estimate of drug-likeness (QED) is 0.742. The maximum Gasteiger partial charge on any atom is 0.323 e. The molecule has 0 aromatic carbocycles. The molecule has 1 saturated carbocycles. The van der Waals surface area contributed by atoms with E-state index < -0.39 is 11.5 Å². The molecule has 4 unspecified atom stereocenters. The van der Waals surface area contributed by atoms with E-state index in [-0.39, 0.29) is 0 Å². The minimum Gasteiger partial charge on any atom is -0.480 e. The number of nitrogens with one attached hydrogen (secondary N) is 1. The molecule has 110 valence electrons. The average Bonchev–Trinajstić information content (AvgIpc) is 2.98. The monoisotopic (exact) mass is 268 g/mol. The second kappa shape index (κ2) is 5.80. The number of carboxylic acids is 1. The highest BCUT2D eigenvalue weighted by molar-refractivity contribution is 5.78. The van der Waals surface area contributed by atoms with Crippen LogP contribution in [0, 0.1) is 5.92 Å². The maximum atomic E-state index is 11.6. The Balaban J connectivity index is 1.95. The molecule has 0 radical (unpaired) electrons. The Morgan fingerprint density at radius 3 is 2.74 bits per heavy atom. The van der Waals surface area contributed by atoms with Crippen LogP contribution in [0.5, 0.6) is 0 Å². The average molecular weight is 268 g/mol. The standard InChI is InChI=1S/C15H28N2O2/c1-4-7-16-15(3,14(18)19)9-11(2)17-10-12-5-6-13(17)8-12/h11-13,16H,4-10H2,1-3H3,(H,18,19). The Bertz CT molecular complexity index is 334. The normalized spacial score (nSPS) is 31.3. The van der Waals surface area contributed by atoms with Crippen LogP contribution in [0.4, 0.5) is 0 Å². The lowest BCUT2D eigenvalue weighted by atomic mass is 9.92. The van der Waals surface area contributed by atoms with Crippen molar-refractivity contribution in [3.05, 3.63) is 0 Å². The van der Waals surface area contributed by atoms with Crippen LogP contribution in [0.1, 0.15) is 52.9 Å². The third kappa shape index (κ3) is 3.11.